The SMILES string of the molecule is C=C(C)C(O)(C(=C)C)c1ccc(CN(CCCOC)Cc2ccc(C)o2)o1. The Morgan fingerprint density at radius 2 is 1.67 bits per heavy atom. The van der Waals surface area contributed by atoms with Gasteiger partial charge in [-0.15, -0.1) is 0 Å². The molecule has 0 bridgehead atoms. The van der Waals surface area contributed by atoms with Crippen molar-refractivity contribution in [3.8, 4) is 0 Å². The summed E-state index contributed by atoms with van der Waals surface area (Å²) >= 11 is 0. The van der Waals surface area contributed by atoms with Crippen LogP contribution in [0.5, 0.6) is 0 Å². The third kappa shape index (κ3) is 5.22. The van der Waals surface area contributed by atoms with Crippen LogP contribution in [0, 0.1) is 6.92 Å². The smallest absolute Gasteiger partial charge is 0.163 e. The molecule has 0 unspecified atom stereocenters. The van der Waals surface area contributed by atoms with E-state index in [4.69, 9.17) is 13.6 Å². The molecular formula is C22H31NO4. The average Bonchev–Trinajstić information content (AvgIpc) is 3.23. The molecule has 0 atom stereocenters. The molecule has 2 aromatic rings. The number of ether oxygens (including phenoxy) is 1. The maximum Gasteiger partial charge on any atom is 0.163 e. The fraction of sp³-hybridized carbons (Fsp3) is 0.455. The van der Waals surface area contributed by atoms with Gasteiger partial charge in [0.25, 0.3) is 0 Å². The van der Waals surface area contributed by atoms with E-state index in [0.29, 0.717) is 36.6 Å². The normalized spacial score (nSPS) is 11.9. The molecule has 0 saturated carbocycles. The Labute approximate surface area is 161 Å². The topological polar surface area (TPSA) is 59.0 Å². The maximum atomic E-state index is 11.0. The number of nitrogens with zero attached hydrogens (tertiary/aromatic N) is 1. The highest BCUT2D eigenvalue weighted by Crippen LogP contribution is 2.36. The molecule has 0 aliphatic heterocycles. The van der Waals surface area contributed by atoms with E-state index in [9.17, 15) is 5.11 Å². The van der Waals surface area contributed by atoms with Gasteiger partial charge >= 0.3 is 0 Å². The quantitative estimate of drug-likeness (QED) is 0.462. The molecule has 0 radical (unpaired) electrons. The molecule has 0 aliphatic rings. The van der Waals surface area contributed by atoms with Gasteiger partial charge in [-0.05, 0) is 62.6 Å². The van der Waals surface area contributed by atoms with Crippen molar-refractivity contribution in [3.05, 3.63) is 71.6 Å². The number of hydrogen-bond donors (Lipinski definition) is 1. The van der Waals surface area contributed by atoms with Crippen LogP contribution in [0.4, 0.5) is 0 Å². The summed E-state index contributed by atoms with van der Waals surface area (Å²) in [5, 5.41) is 11.0. The molecule has 27 heavy (non-hydrogen) atoms. The molecule has 5 heteroatoms. The van der Waals surface area contributed by atoms with Gasteiger partial charge in [-0.1, -0.05) is 13.2 Å². The van der Waals surface area contributed by atoms with E-state index in [1.54, 1.807) is 27.0 Å². The van der Waals surface area contributed by atoms with E-state index < -0.39 is 5.60 Å². The lowest BCUT2D eigenvalue weighted by atomic mass is 9.87. The zero-order valence-electron chi connectivity index (χ0n) is 16.9. The van der Waals surface area contributed by atoms with Crippen LogP contribution in [0.2, 0.25) is 0 Å². The molecule has 0 amide bonds. The van der Waals surface area contributed by atoms with Gasteiger partial charge in [-0.3, -0.25) is 4.90 Å². The summed E-state index contributed by atoms with van der Waals surface area (Å²) < 4.78 is 16.9. The van der Waals surface area contributed by atoms with Crippen molar-refractivity contribution in [2.45, 2.75) is 45.9 Å². The number of rotatable bonds is 11. The maximum absolute atomic E-state index is 11.0. The number of methoxy groups -OCH3 is 1. The zero-order valence-corrected chi connectivity index (χ0v) is 16.9. The second kappa shape index (κ2) is 9.22. The van der Waals surface area contributed by atoms with Crippen LogP contribution in [-0.4, -0.2) is 30.3 Å². The summed E-state index contributed by atoms with van der Waals surface area (Å²) in [6.45, 7) is 16.1. The Hall–Kier alpha value is -2.08. The first kappa shape index (κ1) is 21.2. The Kier molecular flexibility index (Phi) is 7.25. The van der Waals surface area contributed by atoms with Gasteiger partial charge in [0.1, 0.15) is 23.0 Å². The number of aryl methyl sites for hydroxylation is 1. The second-order valence-electron chi connectivity index (χ2n) is 7.11. The van der Waals surface area contributed by atoms with Crippen LogP contribution >= 0.6 is 0 Å². The van der Waals surface area contributed by atoms with Crippen LogP contribution in [0.3, 0.4) is 0 Å². The van der Waals surface area contributed by atoms with E-state index in [-0.39, 0.29) is 0 Å². The highest BCUT2D eigenvalue weighted by atomic mass is 16.5. The van der Waals surface area contributed by atoms with Crippen molar-refractivity contribution < 1.29 is 18.7 Å². The van der Waals surface area contributed by atoms with Gasteiger partial charge in [0, 0.05) is 20.3 Å². The molecular weight excluding hydrogens is 342 g/mol. The standard InChI is InChI=1S/C22H31NO4/c1-16(2)22(24,17(3)4)21-11-10-20(27-21)15-23(12-7-13-25-6)14-19-9-8-18(5)26-19/h8-11,24H,1,3,7,12-15H2,2,4-6H3. The van der Waals surface area contributed by atoms with Gasteiger partial charge in [0.15, 0.2) is 5.60 Å². The van der Waals surface area contributed by atoms with Crippen molar-refractivity contribution >= 4 is 0 Å². The summed E-state index contributed by atoms with van der Waals surface area (Å²) in [6, 6.07) is 7.65. The molecule has 0 saturated heterocycles. The first-order chi connectivity index (χ1) is 12.8. The highest BCUT2D eigenvalue weighted by Gasteiger charge is 2.35. The van der Waals surface area contributed by atoms with Gasteiger partial charge in [-0.25, -0.2) is 0 Å². The molecule has 5 nitrogen and oxygen atoms in total. The van der Waals surface area contributed by atoms with E-state index in [0.717, 1.165) is 30.2 Å². The van der Waals surface area contributed by atoms with Gasteiger partial charge in [-0.2, -0.15) is 0 Å². The number of aliphatic hydroxyl groups is 1. The van der Waals surface area contributed by atoms with E-state index >= 15 is 0 Å². The summed E-state index contributed by atoms with van der Waals surface area (Å²) in [6.07, 6.45) is 0.908. The molecule has 0 aliphatic carbocycles. The third-order valence-corrected chi connectivity index (χ3v) is 4.63. The fourth-order valence-electron chi connectivity index (χ4n) is 3.10. The Bertz CT molecular complexity index is 757. The average molecular weight is 373 g/mol. The van der Waals surface area contributed by atoms with Crippen LogP contribution < -0.4 is 0 Å². The van der Waals surface area contributed by atoms with Crippen LogP contribution in [0.1, 0.15) is 43.3 Å². The van der Waals surface area contributed by atoms with E-state index in [2.05, 4.69) is 18.1 Å². The van der Waals surface area contributed by atoms with Crippen molar-refractivity contribution in [1.29, 1.82) is 0 Å². The van der Waals surface area contributed by atoms with Gasteiger partial charge in [0.05, 0.1) is 13.1 Å². The predicted octanol–water partition coefficient (Wildman–Crippen LogP) is 4.56. The first-order valence-electron chi connectivity index (χ1n) is 9.17. The monoisotopic (exact) mass is 373 g/mol. The number of hydrogen-bond acceptors (Lipinski definition) is 5. The summed E-state index contributed by atoms with van der Waals surface area (Å²) in [4.78, 5) is 2.24. The lowest BCUT2D eigenvalue weighted by molar-refractivity contribution is 0.0872. The second-order valence-corrected chi connectivity index (χ2v) is 7.11. The third-order valence-electron chi connectivity index (χ3n) is 4.63. The largest absolute Gasteiger partial charge is 0.465 e. The van der Waals surface area contributed by atoms with E-state index in [1.807, 2.05) is 25.1 Å². The molecule has 2 rings (SSSR count). The lowest BCUT2D eigenvalue weighted by Crippen LogP contribution is -2.27. The van der Waals surface area contributed by atoms with Crippen LogP contribution in [0.25, 0.3) is 0 Å². The fourth-order valence-corrected chi connectivity index (χ4v) is 3.10. The molecule has 2 aromatic heterocycles. The molecule has 0 aromatic carbocycles. The lowest BCUT2D eigenvalue weighted by Gasteiger charge is -2.27. The summed E-state index contributed by atoms with van der Waals surface area (Å²) in [5.74, 6) is 3.03. The number of furan rings is 2. The first-order valence-corrected chi connectivity index (χ1v) is 9.17. The van der Waals surface area contributed by atoms with Crippen molar-refractivity contribution in [3.63, 3.8) is 0 Å². The Balaban J connectivity index is 2.15. The zero-order chi connectivity index (χ0) is 20.0. The molecule has 0 fully saturated rings. The minimum atomic E-state index is -1.35. The van der Waals surface area contributed by atoms with Crippen molar-refractivity contribution in [2.24, 2.45) is 0 Å². The minimum Gasteiger partial charge on any atom is -0.465 e. The van der Waals surface area contributed by atoms with Crippen molar-refractivity contribution in [2.75, 3.05) is 20.3 Å². The van der Waals surface area contributed by atoms with Crippen LogP contribution in [-0.2, 0) is 23.4 Å². The predicted molar refractivity (Wildman–Crippen MR) is 106 cm³/mol. The molecule has 0 spiro atoms. The Morgan fingerprint density at radius 1 is 1.07 bits per heavy atom. The molecule has 148 valence electrons. The minimum absolute atomic E-state index is 0.447. The van der Waals surface area contributed by atoms with Gasteiger partial charge in [0.2, 0.25) is 0 Å². The van der Waals surface area contributed by atoms with Crippen LogP contribution in [0.15, 0.2) is 57.4 Å². The van der Waals surface area contributed by atoms with Crippen molar-refractivity contribution in [1.82, 2.24) is 4.90 Å². The highest BCUT2D eigenvalue weighted by molar-refractivity contribution is 5.35. The molecule has 1 N–H and O–H groups in total. The summed E-state index contributed by atoms with van der Waals surface area (Å²) in [7, 11) is 1.70. The molecule has 2 heterocycles. The summed E-state index contributed by atoms with van der Waals surface area (Å²) in [5.41, 5.74) is -0.185. The van der Waals surface area contributed by atoms with Gasteiger partial charge < -0.3 is 18.7 Å². The van der Waals surface area contributed by atoms with E-state index in [1.165, 1.54) is 0 Å². The Morgan fingerprint density at radius 3 is 2.19 bits per heavy atom.